The number of nitrogens with zero attached hydrogens (tertiary/aromatic N) is 2. The van der Waals surface area contributed by atoms with Crippen LogP contribution >= 0.6 is 0 Å². The molecule has 0 atom stereocenters. The Morgan fingerprint density at radius 3 is 2.09 bits per heavy atom. The van der Waals surface area contributed by atoms with Gasteiger partial charge in [0.25, 0.3) is 0 Å². The van der Waals surface area contributed by atoms with E-state index in [0.29, 0.717) is 22.7 Å². The van der Waals surface area contributed by atoms with Crippen molar-refractivity contribution in [3.63, 3.8) is 0 Å². The van der Waals surface area contributed by atoms with Crippen molar-refractivity contribution in [1.82, 2.24) is 9.78 Å². The van der Waals surface area contributed by atoms with Crippen LogP contribution in [0.1, 0.15) is 26.4 Å². The van der Waals surface area contributed by atoms with Crippen LogP contribution in [0, 0.1) is 0 Å². The molecule has 4 rings (SSSR count). The lowest BCUT2D eigenvalue weighted by Gasteiger charge is -2.15. The van der Waals surface area contributed by atoms with Crippen molar-refractivity contribution in [2.45, 2.75) is 6.61 Å². The molecule has 0 N–H and O–H groups in total. The van der Waals surface area contributed by atoms with Gasteiger partial charge in [0.2, 0.25) is 0 Å². The minimum Gasteiger partial charge on any atom is -0.493 e. The first-order valence-corrected chi connectivity index (χ1v) is 10.8. The summed E-state index contributed by atoms with van der Waals surface area (Å²) in [5.74, 6) is -0.650. The Bertz CT molecular complexity index is 1330. The first-order valence-electron chi connectivity index (χ1n) is 10.8. The minimum absolute atomic E-state index is 0.0407. The third-order valence-corrected chi connectivity index (χ3v) is 5.33. The SMILES string of the molecule is COC(=O)c1c(-c2cccc(OC)c2OCc2ccccc2)nn(-c2ccccc2)c1C(=O)OC. The third kappa shape index (κ3) is 4.72. The van der Waals surface area contributed by atoms with Gasteiger partial charge >= 0.3 is 11.9 Å². The average molecular weight is 472 g/mol. The Kier molecular flexibility index (Phi) is 7.11. The van der Waals surface area contributed by atoms with Gasteiger partial charge in [-0.05, 0) is 29.8 Å². The number of aromatic nitrogens is 2. The van der Waals surface area contributed by atoms with Crippen LogP contribution in [-0.2, 0) is 16.1 Å². The summed E-state index contributed by atoms with van der Waals surface area (Å²) < 4.78 is 23.1. The second-order valence-corrected chi connectivity index (χ2v) is 7.41. The van der Waals surface area contributed by atoms with E-state index in [2.05, 4.69) is 5.10 Å². The summed E-state index contributed by atoms with van der Waals surface area (Å²) in [4.78, 5) is 25.8. The number of methoxy groups -OCH3 is 3. The Morgan fingerprint density at radius 2 is 1.46 bits per heavy atom. The molecule has 0 fully saturated rings. The van der Waals surface area contributed by atoms with Crippen LogP contribution in [0.5, 0.6) is 11.5 Å². The van der Waals surface area contributed by atoms with Crippen LogP contribution < -0.4 is 9.47 Å². The zero-order valence-corrected chi connectivity index (χ0v) is 19.6. The molecule has 0 bridgehead atoms. The average Bonchev–Trinajstić information content (AvgIpc) is 3.32. The largest absolute Gasteiger partial charge is 0.493 e. The number of carbonyl (C=O) groups excluding carboxylic acids is 2. The van der Waals surface area contributed by atoms with Crippen LogP contribution in [0.2, 0.25) is 0 Å². The number of carbonyl (C=O) groups is 2. The van der Waals surface area contributed by atoms with Crippen molar-refractivity contribution in [2.24, 2.45) is 0 Å². The van der Waals surface area contributed by atoms with Crippen molar-refractivity contribution < 1.29 is 28.5 Å². The highest BCUT2D eigenvalue weighted by molar-refractivity contribution is 6.07. The predicted octanol–water partition coefficient (Wildman–Crippen LogP) is 4.70. The Morgan fingerprint density at radius 1 is 0.800 bits per heavy atom. The molecule has 178 valence electrons. The van der Waals surface area contributed by atoms with Gasteiger partial charge in [0, 0.05) is 5.56 Å². The van der Waals surface area contributed by atoms with E-state index in [-0.39, 0.29) is 23.6 Å². The van der Waals surface area contributed by atoms with Crippen LogP contribution in [0.15, 0.2) is 78.9 Å². The van der Waals surface area contributed by atoms with E-state index in [9.17, 15) is 9.59 Å². The highest BCUT2D eigenvalue weighted by Crippen LogP contribution is 2.41. The number of para-hydroxylation sites is 2. The van der Waals surface area contributed by atoms with E-state index in [1.165, 1.54) is 26.0 Å². The lowest BCUT2D eigenvalue weighted by Crippen LogP contribution is -2.15. The fourth-order valence-corrected chi connectivity index (χ4v) is 3.68. The molecule has 1 aromatic heterocycles. The maximum atomic E-state index is 13.0. The molecule has 0 unspecified atom stereocenters. The first-order chi connectivity index (χ1) is 17.1. The number of hydrogen-bond acceptors (Lipinski definition) is 7. The number of ether oxygens (including phenoxy) is 4. The lowest BCUT2D eigenvalue weighted by atomic mass is 10.0. The molecule has 0 aliphatic carbocycles. The Labute approximate surface area is 202 Å². The van der Waals surface area contributed by atoms with Crippen molar-refractivity contribution >= 4 is 11.9 Å². The van der Waals surface area contributed by atoms with E-state index in [0.717, 1.165) is 5.56 Å². The van der Waals surface area contributed by atoms with Crippen molar-refractivity contribution in [1.29, 1.82) is 0 Å². The smallest absolute Gasteiger partial charge is 0.357 e. The zero-order valence-electron chi connectivity index (χ0n) is 19.6. The molecule has 0 aliphatic heterocycles. The van der Waals surface area contributed by atoms with Gasteiger partial charge in [-0.2, -0.15) is 5.10 Å². The summed E-state index contributed by atoms with van der Waals surface area (Å²) in [6.45, 7) is 0.255. The molecule has 0 saturated carbocycles. The third-order valence-electron chi connectivity index (χ3n) is 5.33. The quantitative estimate of drug-likeness (QED) is 0.344. The highest BCUT2D eigenvalue weighted by atomic mass is 16.5. The second kappa shape index (κ2) is 10.6. The van der Waals surface area contributed by atoms with Gasteiger partial charge in [-0.25, -0.2) is 14.3 Å². The van der Waals surface area contributed by atoms with E-state index in [4.69, 9.17) is 18.9 Å². The van der Waals surface area contributed by atoms with Crippen molar-refractivity contribution in [2.75, 3.05) is 21.3 Å². The summed E-state index contributed by atoms with van der Waals surface area (Å²) in [6.07, 6.45) is 0. The van der Waals surface area contributed by atoms with Gasteiger partial charge < -0.3 is 18.9 Å². The molecule has 0 aliphatic rings. The summed E-state index contributed by atoms with van der Waals surface area (Å²) >= 11 is 0. The topological polar surface area (TPSA) is 88.9 Å². The number of hydrogen-bond donors (Lipinski definition) is 0. The fourth-order valence-electron chi connectivity index (χ4n) is 3.68. The molecule has 0 spiro atoms. The Hall–Kier alpha value is -4.59. The maximum absolute atomic E-state index is 13.0. The number of esters is 2. The van der Waals surface area contributed by atoms with E-state index < -0.39 is 11.9 Å². The zero-order chi connectivity index (χ0) is 24.8. The Balaban J connectivity index is 1.95. The molecule has 0 saturated heterocycles. The fraction of sp³-hybridized carbons (Fsp3) is 0.148. The number of benzene rings is 3. The molecular weight excluding hydrogens is 448 g/mol. The van der Waals surface area contributed by atoms with E-state index in [1.54, 1.807) is 42.5 Å². The van der Waals surface area contributed by atoms with Gasteiger partial charge in [-0.15, -0.1) is 0 Å². The standard InChI is InChI=1S/C27H24N2O6/c1-32-21-16-10-15-20(25(21)35-17-18-11-6-4-7-12-18)23-22(26(30)33-2)24(27(31)34-3)29(28-23)19-13-8-5-9-14-19/h4-16H,17H2,1-3H3. The van der Waals surface area contributed by atoms with Crippen LogP contribution in [-0.4, -0.2) is 43.0 Å². The summed E-state index contributed by atoms with van der Waals surface area (Å²) in [7, 11) is 4.01. The van der Waals surface area contributed by atoms with Gasteiger partial charge in [0.15, 0.2) is 17.2 Å². The van der Waals surface area contributed by atoms with E-state index >= 15 is 0 Å². The second-order valence-electron chi connectivity index (χ2n) is 7.41. The monoisotopic (exact) mass is 472 g/mol. The number of rotatable bonds is 8. The summed E-state index contributed by atoms with van der Waals surface area (Å²) in [6, 6.07) is 23.9. The molecule has 8 heteroatoms. The first kappa shape index (κ1) is 23.6. The molecule has 8 nitrogen and oxygen atoms in total. The molecule has 0 radical (unpaired) electrons. The molecule has 0 amide bonds. The van der Waals surface area contributed by atoms with Gasteiger partial charge in [-0.1, -0.05) is 54.6 Å². The van der Waals surface area contributed by atoms with Crippen molar-refractivity contribution in [3.8, 4) is 28.4 Å². The van der Waals surface area contributed by atoms with Crippen LogP contribution in [0.3, 0.4) is 0 Å². The van der Waals surface area contributed by atoms with Crippen LogP contribution in [0.4, 0.5) is 0 Å². The summed E-state index contributed by atoms with van der Waals surface area (Å²) in [5.41, 5.74) is 2.07. The predicted molar refractivity (Wildman–Crippen MR) is 129 cm³/mol. The molecule has 4 aromatic rings. The molecule has 1 heterocycles. The molecular formula is C27H24N2O6. The highest BCUT2D eigenvalue weighted by Gasteiger charge is 2.33. The normalized spacial score (nSPS) is 10.5. The van der Waals surface area contributed by atoms with Gasteiger partial charge in [-0.3, -0.25) is 0 Å². The van der Waals surface area contributed by atoms with Gasteiger partial charge in [0.1, 0.15) is 17.9 Å². The van der Waals surface area contributed by atoms with Crippen LogP contribution in [0.25, 0.3) is 16.9 Å². The van der Waals surface area contributed by atoms with E-state index in [1.807, 2.05) is 36.4 Å². The molecule has 3 aromatic carbocycles. The van der Waals surface area contributed by atoms with Gasteiger partial charge in [0.05, 0.1) is 27.0 Å². The molecule has 35 heavy (non-hydrogen) atoms. The minimum atomic E-state index is -0.737. The lowest BCUT2D eigenvalue weighted by molar-refractivity contribution is 0.0549. The summed E-state index contributed by atoms with van der Waals surface area (Å²) in [5, 5.41) is 4.66. The maximum Gasteiger partial charge on any atom is 0.357 e. The van der Waals surface area contributed by atoms with Crippen molar-refractivity contribution in [3.05, 3.63) is 95.7 Å².